The van der Waals surface area contributed by atoms with Crippen LogP contribution in [0.4, 0.5) is 0 Å². The fraction of sp³-hybridized carbons (Fsp3) is 0.923. The average Bonchev–Trinajstić information content (AvgIpc) is 2.36. The number of rotatable bonds is 6. The zero-order valence-corrected chi connectivity index (χ0v) is 11.5. The van der Waals surface area contributed by atoms with Gasteiger partial charge in [0.1, 0.15) is 0 Å². The van der Waals surface area contributed by atoms with E-state index >= 15 is 0 Å². The van der Waals surface area contributed by atoms with E-state index in [0.29, 0.717) is 18.6 Å². The van der Waals surface area contributed by atoms with Gasteiger partial charge in [-0.05, 0) is 32.7 Å². The number of hydrogen-bond donors (Lipinski definition) is 2. The molecule has 0 aromatic heterocycles. The van der Waals surface area contributed by atoms with Gasteiger partial charge in [-0.25, -0.2) is 0 Å². The maximum absolute atomic E-state index is 11.7. The van der Waals surface area contributed by atoms with Gasteiger partial charge in [0.25, 0.3) is 0 Å². The lowest BCUT2D eigenvalue weighted by Crippen LogP contribution is -2.47. The Hall–Kier alpha value is -0.610. The number of nitrogens with one attached hydrogen (secondary N) is 2. The molecule has 1 amide bonds. The van der Waals surface area contributed by atoms with Gasteiger partial charge < -0.3 is 15.5 Å². The molecule has 0 aromatic rings. The molecule has 0 radical (unpaired) electrons. The third-order valence-electron chi connectivity index (χ3n) is 3.62. The summed E-state index contributed by atoms with van der Waals surface area (Å²) in [6, 6.07) is 0.798. The molecule has 17 heavy (non-hydrogen) atoms. The van der Waals surface area contributed by atoms with Crippen LogP contribution < -0.4 is 10.6 Å². The molecule has 1 heterocycles. The molecule has 0 saturated carbocycles. The summed E-state index contributed by atoms with van der Waals surface area (Å²) >= 11 is 0. The van der Waals surface area contributed by atoms with E-state index in [1.54, 1.807) is 0 Å². The van der Waals surface area contributed by atoms with E-state index in [9.17, 15) is 4.79 Å². The number of hydrogen-bond acceptors (Lipinski definition) is 3. The molecule has 100 valence electrons. The van der Waals surface area contributed by atoms with Crippen LogP contribution in [0.5, 0.6) is 0 Å². The fourth-order valence-electron chi connectivity index (χ4n) is 2.08. The minimum Gasteiger partial charge on any atom is -0.352 e. The van der Waals surface area contributed by atoms with Gasteiger partial charge in [-0.2, -0.15) is 0 Å². The number of piperidine rings is 1. The van der Waals surface area contributed by atoms with E-state index in [2.05, 4.69) is 36.3 Å². The summed E-state index contributed by atoms with van der Waals surface area (Å²) < 4.78 is 0. The predicted octanol–water partition coefficient (Wildman–Crippen LogP) is 0.975. The maximum Gasteiger partial charge on any atom is 0.234 e. The number of amides is 1. The number of likely N-dealkylation sites (tertiary alicyclic amines) is 1. The smallest absolute Gasteiger partial charge is 0.234 e. The predicted molar refractivity (Wildman–Crippen MR) is 71.0 cm³/mol. The fourth-order valence-corrected chi connectivity index (χ4v) is 2.08. The van der Waals surface area contributed by atoms with E-state index in [4.69, 9.17) is 0 Å². The lowest BCUT2D eigenvalue weighted by atomic mass is 10.1. The summed E-state index contributed by atoms with van der Waals surface area (Å²) in [5.41, 5.74) is 0. The molecular formula is C13H27N3O. The minimum atomic E-state index is 0.139. The second-order valence-corrected chi connectivity index (χ2v) is 4.97. The molecule has 1 atom stereocenters. The Morgan fingerprint density at radius 2 is 2.00 bits per heavy atom. The largest absolute Gasteiger partial charge is 0.352 e. The molecule has 0 bridgehead atoms. The first kappa shape index (κ1) is 14.5. The third-order valence-corrected chi connectivity index (χ3v) is 3.62. The first-order chi connectivity index (χ1) is 8.15. The number of carbonyl (C=O) groups excluding carboxylic acids is 1. The van der Waals surface area contributed by atoms with E-state index in [1.165, 1.54) is 0 Å². The van der Waals surface area contributed by atoms with Crippen molar-refractivity contribution in [2.45, 2.75) is 52.1 Å². The van der Waals surface area contributed by atoms with Gasteiger partial charge in [0.2, 0.25) is 5.91 Å². The molecule has 4 heteroatoms. The molecular weight excluding hydrogens is 214 g/mol. The van der Waals surface area contributed by atoms with Crippen LogP contribution in [0.15, 0.2) is 0 Å². The number of nitrogens with zero attached hydrogens (tertiary/aromatic N) is 1. The molecule has 0 spiro atoms. The van der Waals surface area contributed by atoms with Gasteiger partial charge in [0.15, 0.2) is 0 Å². The minimum absolute atomic E-state index is 0.139. The Kier molecular flexibility index (Phi) is 6.52. The highest BCUT2D eigenvalue weighted by Gasteiger charge is 2.19. The monoisotopic (exact) mass is 241 g/mol. The van der Waals surface area contributed by atoms with Crippen LogP contribution in [0.1, 0.15) is 40.0 Å². The Morgan fingerprint density at radius 3 is 2.53 bits per heavy atom. The third kappa shape index (κ3) is 5.50. The highest BCUT2D eigenvalue weighted by molar-refractivity contribution is 5.78. The molecule has 2 N–H and O–H groups in total. The summed E-state index contributed by atoms with van der Waals surface area (Å²) in [5.74, 6) is 0.139. The van der Waals surface area contributed by atoms with Gasteiger partial charge in [0.05, 0.1) is 6.54 Å². The van der Waals surface area contributed by atoms with Crippen molar-refractivity contribution in [2.24, 2.45) is 0 Å². The van der Waals surface area contributed by atoms with Crippen molar-refractivity contribution in [3.8, 4) is 0 Å². The standard InChI is InChI=1S/C13H27N3O/c1-4-11(3)14-10-13(17)15-12-6-8-16(5-2)9-7-12/h11-12,14H,4-10H2,1-3H3,(H,15,17). The lowest BCUT2D eigenvalue weighted by Gasteiger charge is -2.31. The van der Waals surface area contributed by atoms with Crippen molar-refractivity contribution >= 4 is 5.91 Å². The van der Waals surface area contributed by atoms with Crippen LogP contribution in [0.3, 0.4) is 0 Å². The quantitative estimate of drug-likeness (QED) is 0.728. The van der Waals surface area contributed by atoms with Gasteiger partial charge in [-0.3, -0.25) is 4.79 Å². The molecule has 1 unspecified atom stereocenters. The zero-order valence-electron chi connectivity index (χ0n) is 11.5. The molecule has 1 aliphatic rings. The van der Waals surface area contributed by atoms with Crippen LogP contribution >= 0.6 is 0 Å². The zero-order chi connectivity index (χ0) is 12.7. The van der Waals surface area contributed by atoms with Crippen molar-refractivity contribution in [2.75, 3.05) is 26.2 Å². The van der Waals surface area contributed by atoms with Crippen LogP contribution in [-0.4, -0.2) is 49.1 Å². The van der Waals surface area contributed by atoms with Crippen LogP contribution in [0.2, 0.25) is 0 Å². The first-order valence-electron chi connectivity index (χ1n) is 6.90. The number of carbonyl (C=O) groups is 1. The van der Waals surface area contributed by atoms with Crippen molar-refractivity contribution in [3.63, 3.8) is 0 Å². The summed E-state index contributed by atoms with van der Waals surface area (Å²) in [6.07, 6.45) is 3.23. The van der Waals surface area contributed by atoms with E-state index in [-0.39, 0.29) is 5.91 Å². The highest BCUT2D eigenvalue weighted by Crippen LogP contribution is 2.09. The van der Waals surface area contributed by atoms with Gasteiger partial charge >= 0.3 is 0 Å². The molecule has 1 fully saturated rings. The van der Waals surface area contributed by atoms with Gasteiger partial charge in [-0.1, -0.05) is 13.8 Å². The Labute approximate surface area is 105 Å². The summed E-state index contributed by atoms with van der Waals surface area (Å²) in [4.78, 5) is 14.1. The molecule has 1 aliphatic heterocycles. The maximum atomic E-state index is 11.7. The first-order valence-corrected chi connectivity index (χ1v) is 6.90. The SMILES string of the molecule is CCC(C)NCC(=O)NC1CCN(CC)CC1. The topological polar surface area (TPSA) is 44.4 Å². The molecule has 4 nitrogen and oxygen atoms in total. The van der Waals surface area contributed by atoms with E-state index in [1.807, 2.05) is 0 Å². The van der Waals surface area contributed by atoms with Gasteiger partial charge in [0, 0.05) is 25.2 Å². The molecule has 0 aromatic carbocycles. The second kappa shape index (κ2) is 7.67. The normalized spacial score (nSPS) is 20.2. The second-order valence-electron chi connectivity index (χ2n) is 4.97. The molecule has 0 aliphatic carbocycles. The van der Waals surface area contributed by atoms with Crippen molar-refractivity contribution in [1.29, 1.82) is 0 Å². The van der Waals surface area contributed by atoms with Crippen molar-refractivity contribution < 1.29 is 4.79 Å². The lowest BCUT2D eigenvalue weighted by molar-refractivity contribution is -0.121. The van der Waals surface area contributed by atoms with Crippen LogP contribution in [-0.2, 0) is 4.79 Å². The molecule has 1 saturated heterocycles. The molecule has 1 rings (SSSR count). The van der Waals surface area contributed by atoms with Crippen LogP contribution in [0.25, 0.3) is 0 Å². The highest BCUT2D eigenvalue weighted by atomic mass is 16.2. The summed E-state index contributed by atoms with van der Waals surface area (Å²) in [6.45, 7) is 10.2. The Bertz CT molecular complexity index is 225. The Morgan fingerprint density at radius 1 is 1.35 bits per heavy atom. The summed E-state index contributed by atoms with van der Waals surface area (Å²) in [5, 5.41) is 6.33. The van der Waals surface area contributed by atoms with Crippen molar-refractivity contribution in [3.05, 3.63) is 0 Å². The Balaban J connectivity index is 2.15. The average molecular weight is 241 g/mol. The van der Waals surface area contributed by atoms with Gasteiger partial charge in [-0.15, -0.1) is 0 Å². The van der Waals surface area contributed by atoms with E-state index < -0.39 is 0 Å². The van der Waals surface area contributed by atoms with Crippen LogP contribution in [0, 0.1) is 0 Å². The van der Waals surface area contributed by atoms with E-state index in [0.717, 1.165) is 38.9 Å². The van der Waals surface area contributed by atoms with Crippen molar-refractivity contribution in [1.82, 2.24) is 15.5 Å². The summed E-state index contributed by atoms with van der Waals surface area (Å²) in [7, 11) is 0.